The van der Waals surface area contributed by atoms with E-state index < -0.39 is 0 Å². The molecule has 1 heterocycles. The van der Waals surface area contributed by atoms with Crippen LogP contribution in [-0.4, -0.2) is 19.4 Å². The van der Waals surface area contributed by atoms with E-state index in [1.807, 2.05) is 44.2 Å². The molecule has 0 radical (unpaired) electrons. The fraction of sp³-hybridized carbons (Fsp3) is 0.350. The van der Waals surface area contributed by atoms with Gasteiger partial charge in [-0.1, -0.05) is 35.9 Å². The minimum atomic E-state index is -0.203. The molecule has 1 atom stereocenters. The zero-order chi connectivity index (χ0) is 17.6. The molecule has 140 valence electrons. The van der Waals surface area contributed by atoms with Crippen molar-refractivity contribution >= 4 is 18.4 Å². The summed E-state index contributed by atoms with van der Waals surface area (Å²) in [5.41, 5.74) is 3.33. The van der Waals surface area contributed by atoms with E-state index in [2.05, 4.69) is 17.4 Å². The minimum absolute atomic E-state index is 0. The number of aryl methyl sites for hydroxylation is 1. The molecule has 0 saturated carbocycles. The van der Waals surface area contributed by atoms with Crippen molar-refractivity contribution in [2.45, 2.75) is 32.9 Å². The van der Waals surface area contributed by atoms with Gasteiger partial charge in [-0.15, -0.1) is 12.4 Å². The number of halogens is 1. The number of hydrogen-bond donors (Lipinski definition) is 1. The number of benzene rings is 2. The second-order valence-corrected chi connectivity index (χ2v) is 6.04. The first-order valence-corrected chi connectivity index (χ1v) is 8.50. The van der Waals surface area contributed by atoms with Crippen LogP contribution < -0.4 is 14.8 Å². The number of esters is 1. The van der Waals surface area contributed by atoms with E-state index in [-0.39, 0.29) is 31.2 Å². The second-order valence-electron chi connectivity index (χ2n) is 6.04. The van der Waals surface area contributed by atoms with Gasteiger partial charge >= 0.3 is 5.97 Å². The third-order valence-electron chi connectivity index (χ3n) is 4.15. The van der Waals surface area contributed by atoms with Crippen LogP contribution in [-0.2, 0) is 16.1 Å². The van der Waals surface area contributed by atoms with E-state index in [9.17, 15) is 4.79 Å². The predicted octanol–water partition coefficient (Wildman–Crippen LogP) is 3.93. The highest BCUT2D eigenvalue weighted by Gasteiger charge is 2.18. The zero-order valence-corrected chi connectivity index (χ0v) is 15.8. The molecule has 1 aliphatic rings. The average molecular weight is 378 g/mol. The fourth-order valence-electron chi connectivity index (χ4n) is 2.79. The summed E-state index contributed by atoms with van der Waals surface area (Å²) in [7, 11) is 0. The van der Waals surface area contributed by atoms with Crippen LogP contribution in [0.15, 0.2) is 42.5 Å². The van der Waals surface area contributed by atoms with Crippen molar-refractivity contribution in [3.63, 3.8) is 0 Å². The molecule has 0 fully saturated rings. The van der Waals surface area contributed by atoms with Crippen LogP contribution in [0.3, 0.4) is 0 Å². The molecule has 2 aromatic carbocycles. The normalized spacial score (nSPS) is 13.0. The van der Waals surface area contributed by atoms with E-state index in [1.165, 1.54) is 5.56 Å². The summed E-state index contributed by atoms with van der Waals surface area (Å²) in [4.78, 5) is 12.0. The summed E-state index contributed by atoms with van der Waals surface area (Å²) in [5, 5.41) is 3.46. The van der Waals surface area contributed by atoms with Crippen LogP contribution in [0.25, 0.3) is 0 Å². The number of nitrogens with one attached hydrogen (secondary N) is 1. The largest absolute Gasteiger partial charge is 0.466 e. The molecule has 0 aliphatic carbocycles. The van der Waals surface area contributed by atoms with Gasteiger partial charge in [0.25, 0.3) is 0 Å². The lowest BCUT2D eigenvalue weighted by Gasteiger charge is -2.19. The summed E-state index contributed by atoms with van der Waals surface area (Å²) < 4.78 is 15.9. The van der Waals surface area contributed by atoms with Gasteiger partial charge in [0.15, 0.2) is 11.5 Å². The lowest BCUT2D eigenvalue weighted by Crippen LogP contribution is -2.24. The van der Waals surface area contributed by atoms with E-state index in [0.717, 1.165) is 22.6 Å². The summed E-state index contributed by atoms with van der Waals surface area (Å²) in [6.07, 6.45) is 0.293. The van der Waals surface area contributed by atoms with Crippen molar-refractivity contribution in [3.05, 3.63) is 59.2 Å². The Bertz CT molecular complexity index is 733. The quantitative estimate of drug-likeness (QED) is 0.741. The molecule has 1 aliphatic heterocycles. The van der Waals surface area contributed by atoms with Crippen LogP contribution in [0, 0.1) is 6.92 Å². The molecule has 0 amide bonds. The van der Waals surface area contributed by atoms with Crippen molar-refractivity contribution in [2.75, 3.05) is 13.4 Å². The number of carbonyl (C=O) groups is 1. The number of ether oxygens (including phenoxy) is 3. The van der Waals surface area contributed by atoms with E-state index in [1.54, 1.807) is 0 Å². The molecule has 2 aromatic rings. The van der Waals surface area contributed by atoms with Gasteiger partial charge in [0.2, 0.25) is 6.79 Å². The monoisotopic (exact) mass is 377 g/mol. The third-order valence-corrected chi connectivity index (χ3v) is 4.15. The van der Waals surface area contributed by atoms with E-state index in [4.69, 9.17) is 14.2 Å². The predicted molar refractivity (Wildman–Crippen MR) is 102 cm³/mol. The molecular weight excluding hydrogens is 354 g/mol. The van der Waals surface area contributed by atoms with Gasteiger partial charge in [0.05, 0.1) is 13.0 Å². The highest BCUT2D eigenvalue weighted by molar-refractivity contribution is 5.85. The molecule has 26 heavy (non-hydrogen) atoms. The Morgan fingerprint density at radius 1 is 1.15 bits per heavy atom. The van der Waals surface area contributed by atoms with Crippen molar-refractivity contribution in [2.24, 2.45) is 0 Å². The Morgan fingerprint density at radius 2 is 1.88 bits per heavy atom. The van der Waals surface area contributed by atoms with Crippen molar-refractivity contribution in [1.82, 2.24) is 5.32 Å². The van der Waals surface area contributed by atoms with Gasteiger partial charge in [-0.25, -0.2) is 0 Å². The summed E-state index contributed by atoms with van der Waals surface area (Å²) in [5.74, 6) is 1.33. The average Bonchev–Trinajstić information content (AvgIpc) is 3.07. The van der Waals surface area contributed by atoms with Crippen LogP contribution in [0.1, 0.15) is 36.1 Å². The highest BCUT2D eigenvalue weighted by atomic mass is 35.5. The number of hydrogen-bond acceptors (Lipinski definition) is 5. The highest BCUT2D eigenvalue weighted by Crippen LogP contribution is 2.32. The zero-order valence-electron chi connectivity index (χ0n) is 15.0. The van der Waals surface area contributed by atoms with Gasteiger partial charge in [-0.05, 0) is 37.1 Å². The van der Waals surface area contributed by atoms with Gasteiger partial charge < -0.3 is 19.5 Å². The van der Waals surface area contributed by atoms with Crippen molar-refractivity contribution < 1.29 is 19.0 Å². The van der Waals surface area contributed by atoms with Crippen LogP contribution >= 0.6 is 12.4 Å². The fourth-order valence-corrected chi connectivity index (χ4v) is 2.79. The first-order valence-electron chi connectivity index (χ1n) is 8.50. The van der Waals surface area contributed by atoms with Gasteiger partial charge in [0, 0.05) is 12.6 Å². The maximum Gasteiger partial charge on any atom is 0.307 e. The van der Waals surface area contributed by atoms with E-state index >= 15 is 0 Å². The molecule has 0 aromatic heterocycles. The molecule has 1 N–H and O–H groups in total. The van der Waals surface area contributed by atoms with Crippen LogP contribution in [0.5, 0.6) is 11.5 Å². The molecule has 1 unspecified atom stereocenters. The second kappa shape index (κ2) is 9.46. The lowest BCUT2D eigenvalue weighted by atomic mass is 10.0. The lowest BCUT2D eigenvalue weighted by molar-refractivity contribution is -0.143. The Hall–Kier alpha value is -2.24. The maximum absolute atomic E-state index is 12.0. The number of carbonyl (C=O) groups excluding carboxylic acids is 1. The maximum atomic E-state index is 12.0. The van der Waals surface area contributed by atoms with Gasteiger partial charge in [-0.3, -0.25) is 4.79 Å². The van der Waals surface area contributed by atoms with Gasteiger partial charge in [-0.2, -0.15) is 0 Å². The standard InChI is InChI=1S/C20H23NO4.ClH/c1-3-23-20(22)11-17(16-7-4-14(2)5-8-16)21-12-15-6-9-18-19(10-15)25-13-24-18;/h4-10,17,21H,3,11-13H2,1-2H3;1H. The molecule has 3 rings (SSSR count). The topological polar surface area (TPSA) is 56.8 Å². The Labute approximate surface area is 160 Å². The summed E-state index contributed by atoms with van der Waals surface area (Å²) >= 11 is 0. The van der Waals surface area contributed by atoms with Crippen molar-refractivity contribution in [1.29, 1.82) is 0 Å². The Kier molecular flexibility index (Phi) is 7.30. The molecular formula is C20H24ClNO4. The first kappa shape index (κ1) is 20.1. The number of rotatable bonds is 7. The smallest absolute Gasteiger partial charge is 0.307 e. The Balaban J connectivity index is 0.00000243. The molecule has 0 bridgehead atoms. The van der Waals surface area contributed by atoms with Crippen LogP contribution in [0.2, 0.25) is 0 Å². The molecule has 0 saturated heterocycles. The summed E-state index contributed by atoms with van der Waals surface area (Å²) in [6, 6.07) is 14.0. The Morgan fingerprint density at radius 3 is 2.62 bits per heavy atom. The van der Waals surface area contributed by atoms with Crippen LogP contribution in [0.4, 0.5) is 0 Å². The molecule has 0 spiro atoms. The van der Waals surface area contributed by atoms with Gasteiger partial charge in [0.1, 0.15) is 0 Å². The number of fused-ring (bicyclic) bond motifs is 1. The SMILES string of the molecule is CCOC(=O)CC(NCc1ccc2c(c1)OCO2)c1ccc(C)cc1.Cl. The molecule has 5 nitrogen and oxygen atoms in total. The molecule has 6 heteroatoms. The van der Waals surface area contributed by atoms with Crippen molar-refractivity contribution in [3.8, 4) is 11.5 Å². The van der Waals surface area contributed by atoms with E-state index in [0.29, 0.717) is 19.6 Å². The third kappa shape index (κ3) is 5.13. The minimum Gasteiger partial charge on any atom is -0.466 e. The first-order chi connectivity index (χ1) is 12.2. The summed E-state index contributed by atoms with van der Waals surface area (Å²) in [6.45, 7) is 5.14.